The topological polar surface area (TPSA) is 24.9 Å². The van der Waals surface area contributed by atoms with Crippen LogP contribution in [-0.2, 0) is 0 Å². The normalized spacial score (nSPS) is 14.7. The summed E-state index contributed by atoms with van der Waals surface area (Å²) >= 11 is 0. The van der Waals surface area contributed by atoms with Crippen molar-refractivity contribution in [2.24, 2.45) is 0 Å². The number of pyridine rings is 1. The van der Waals surface area contributed by atoms with Crippen molar-refractivity contribution in [1.29, 1.82) is 0 Å². The van der Waals surface area contributed by atoms with E-state index in [0.29, 0.717) is 5.56 Å². The highest BCUT2D eigenvalue weighted by Gasteiger charge is 2.33. The van der Waals surface area contributed by atoms with E-state index in [1.165, 1.54) is 0 Å². The molecule has 1 N–H and O–H groups in total. The molecule has 0 spiro atoms. The number of alkyl halides is 3. The third-order valence-electron chi connectivity index (χ3n) is 3.29. The van der Waals surface area contributed by atoms with Crippen LogP contribution in [0.15, 0.2) is 54.9 Å². The van der Waals surface area contributed by atoms with Gasteiger partial charge in [0.25, 0.3) is 0 Å². The lowest BCUT2D eigenvalue weighted by Crippen LogP contribution is -2.29. The van der Waals surface area contributed by atoms with Crippen LogP contribution in [0.25, 0.3) is 0 Å². The molecule has 0 aliphatic heterocycles. The van der Waals surface area contributed by atoms with Crippen molar-refractivity contribution in [2.75, 3.05) is 0 Å². The van der Waals surface area contributed by atoms with Crippen LogP contribution in [0, 0.1) is 0 Å². The van der Waals surface area contributed by atoms with Gasteiger partial charge in [-0.1, -0.05) is 30.3 Å². The second-order valence-corrected chi connectivity index (χ2v) is 4.95. The first-order valence-electron chi connectivity index (χ1n) is 6.73. The highest BCUT2D eigenvalue weighted by Crippen LogP contribution is 2.31. The number of benzene rings is 1. The predicted molar refractivity (Wildman–Crippen MR) is 75.6 cm³/mol. The zero-order chi connectivity index (χ0) is 15.3. The number of nitrogens with one attached hydrogen (secondary N) is 1. The fraction of sp³-hybridized carbons (Fsp3) is 0.312. The summed E-state index contributed by atoms with van der Waals surface area (Å²) in [5.74, 6) is 0. The Kier molecular flexibility index (Phi) is 4.96. The molecule has 2 nitrogen and oxygen atoms in total. The van der Waals surface area contributed by atoms with E-state index >= 15 is 0 Å². The lowest BCUT2D eigenvalue weighted by molar-refractivity contribution is -0.140. The molecular formula is C16H17F3N2. The standard InChI is InChI=1S/C16H17F3N2/c1-12(13-7-9-20-10-8-13)21-15(11-16(17,18)19)14-5-3-2-4-6-14/h2-10,12,15,21H,11H2,1H3/t12-,15?/m0/s1. The molecule has 2 atom stereocenters. The number of rotatable bonds is 5. The zero-order valence-corrected chi connectivity index (χ0v) is 11.6. The Morgan fingerprint density at radius 2 is 1.62 bits per heavy atom. The summed E-state index contributed by atoms with van der Waals surface area (Å²) in [5, 5.41) is 3.06. The van der Waals surface area contributed by atoms with Crippen molar-refractivity contribution in [1.82, 2.24) is 10.3 Å². The van der Waals surface area contributed by atoms with Crippen molar-refractivity contribution in [3.8, 4) is 0 Å². The molecule has 0 fully saturated rings. The monoisotopic (exact) mass is 294 g/mol. The Hall–Kier alpha value is -1.88. The molecule has 112 valence electrons. The summed E-state index contributed by atoms with van der Waals surface area (Å²) in [6.45, 7) is 1.85. The minimum absolute atomic E-state index is 0.194. The Bertz CT molecular complexity index is 540. The van der Waals surface area contributed by atoms with Gasteiger partial charge in [0.1, 0.15) is 0 Å². The molecule has 0 amide bonds. The molecule has 1 heterocycles. The van der Waals surface area contributed by atoms with Crippen molar-refractivity contribution in [2.45, 2.75) is 31.6 Å². The van der Waals surface area contributed by atoms with E-state index in [-0.39, 0.29) is 6.04 Å². The summed E-state index contributed by atoms with van der Waals surface area (Å²) in [4.78, 5) is 3.92. The maximum absolute atomic E-state index is 12.8. The summed E-state index contributed by atoms with van der Waals surface area (Å²) in [6, 6.07) is 11.3. The van der Waals surface area contributed by atoms with Crippen LogP contribution in [0.4, 0.5) is 13.2 Å². The largest absolute Gasteiger partial charge is 0.390 e. The predicted octanol–water partition coefficient (Wildman–Crippen LogP) is 4.43. The SMILES string of the molecule is C[C@H](NC(CC(F)(F)F)c1ccccc1)c1ccncc1. The van der Waals surface area contributed by atoms with E-state index in [2.05, 4.69) is 10.3 Å². The molecule has 2 aromatic rings. The maximum Gasteiger partial charge on any atom is 0.390 e. The number of hydrogen-bond donors (Lipinski definition) is 1. The van der Waals surface area contributed by atoms with Crippen molar-refractivity contribution in [3.63, 3.8) is 0 Å². The van der Waals surface area contributed by atoms with E-state index in [9.17, 15) is 13.2 Å². The first kappa shape index (κ1) is 15.5. The Labute approximate surface area is 122 Å². The maximum atomic E-state index is 12.8. The van der Waals surface area contributed by atoms with Crippen LogP contribution < -0.4 is 5.32 Å². The van der Waals surface area contributed by atoms with Crippen LogP contribution in [0.1, 0.15) is 36.6 Å². The minimum atomic E-state index is -4.22. The van der Waals surface area contributed by atoms with Gasteiger partial charge in [0.05, 0.1) is 6.42 Å². The number of aromatic nitrogens is 1. The van der Waals surface area contributed by atoms with E-state index < -0.39 is 18.6 Å². The lowest BCUT2D eigenvalue weighted by atomic mass is 10.0. The molecule has 0 bridgehead atoms. The molecule has 0 radical (unpaired) electrons. The van der Waals surface area contributed by atoms with Gasteiger partial charge >= 0.3 is 6.18 Å². The van der Waals surface area contributed by atoms with Gasteiger partial charge in [-0.25, -0.2) is 0 Å². The number of hydrogen-bond acceptors (Lipinski definition) is 2. The molecular weight excluding hydrogens is 277 g/mol. The first-order valence-corrected chi connectivity index (χ1v) is 6.73. The van der Waals surface area contributed by atoms with Crippen LogP contribution in [0.3, 0.4) is 0 Å². The van der Waals surface area contributed by atoms with E-state index in [1.807, 2.05) is 6.92 Å². The molecule has 0 saturated heterocycles. The van der Waals surface area contributed by atoms with Crippen LogP contribution >= 0.6 is 0 Å². The van der Waals surface area contributed by atoms with Gasteiger partial charge in [-0.2, -0.15) is 13.2 Å². The van der Waals surface area contributed by atoms with Gasteiger partial charge in [0.2, 0.25) is 0 Å². The molecule has 21 heavy (non-hydrogen) atoms. The van der Waals surface area contributed by atoms with Gasteiger partial charge in [-0.05, 0) is 30.2 Å². The molecule has 2 rings (SSSR count). The van der Waals surface area contributed by atoms with Gasteiger partial charge in [-0.3, -0.25) is 4.98 Å². The molecule has 0 aliphatic rings. The highest BCUT2D eigenvalue weighted by molar-refractivity contribution is 5.21. The molecule has 0 aliphatic carbocycles. The molecule has 1 aromatic carbocycles. The molecule has 5 heteroatoms. The molecule has 1 unspecified atom stereocenters. The Morgan fingerprint density at radius 1 is 1.00 bits per heavy atom. The minimum Gasteiger partial charge on any atom is -0.303 e. The average Bonchev–Trinajstić information content (AvgIpc) is 2.47. The summed E-state index contributed by atoms with van der Waals surface area (Å²) in [7, 11) is 0. The second-order valence-electron chi connectivity index (χ2n) is 4.95. The summed E-state index contributed by atoms with van der Waals surface area (Å²) in [6.07, 6.45) is -1.85. The van der Waals surface area contributed by atoms with Crippen molar-refractivity contribution >= 4 is 0 Å². The van der Waals surface area contributed by atoms with Crippen LogP contribution in [0.5, 0.6) is 0 Å². The summed E-state index contributed by atoms with van der Waals surface area (Å²) in [5.41, 5.74) is 1.55. The Balaban J connectivity index is 2.16. The average molecular weight is 294 g/mol. The van der Waals surface area contributed by atoms with Crippen molar-refractivity contribution < 1.29 is 13.2 Å². The number of halogens is 3. The highest BCUT2D eigenvalue weighted by atomic mass is 19.4. The molecule has 0 saturated carbocycles. The van der Waals surface area contributed by atoms with E-state index in [1.54, 1.807) is 54.9 Å². The fourth-order valence-electron chi connectivity index (χ4n) is 2.24. The van der Waals surface area contributed by atoms with Gasteiger partial charge in [0, 0.05) is 24.5 Å². The first-order chi connectivity index (χ1) is 9.96. The van der Waals surface area contributed by atoms with Crippen LogP contribution in [-0.4, -0.2) is 11.2 Å². The van der Waals surface area contributed by atoms with Gasteiger partial charge in [-0.15, -0.1) is 0 Å². The zero-order valence-electron chi connectivity index (χ0n) is 11.6. The van der Waals surface area contributed by atoms with E-state index in [4.69, 9.17) is 0 Å². The van der Waals surface area contributed by atoms with Crippen LogP contribution in [0.2, 0.25) is 0 Å². The van der Waals surface area contributed by atoms with Crippen molar-refractivity contribution in [3.05, 3.63) is 66.0 Å². The second kappa shape index (κ2) is 6.72. The Morgan fingerprint density at radius 3 is 2.19 bits per heavy atom. The molecule has 1 aromatic heterocycles. The fourth-order valence-corrected chi connectivity index (χ4v) is 2.24. The summed E-state index contributed by atoms with van der Waals surface area (Å²) < 4.78 is 38.4. The van der Waals surface area contributed by atoms with Gasteiger partial charge < -0.3 is 5.32 Å². The number of nitrogens with zero attached hydrogens (tertiary/aromatic N) is 1. The van der Waals surface area contributed by atoms with E-state index in [0.717, 1.165) is 5.56 Å². The smallest absolute Gasteiger partial charge is 0.303 e. The van der Waals surface area contributed by atoms with Gasteiger partial charge in [0.15, 0.2) is 0 Å². The third kappa shape index (κ3) is 4.86. The third-order valence-corrected chi connectivity index (χ3v) is 3.29. The lowest BCUT2D eigenvalue weighted by Gasteiger charge is -2.25. The quantitative estimate of drug-likeness (QED) is 0.882.